The Kier molecular flexibility index (Phi) is 3.76. The predicted molar refractivity (Wildman–Crippen MR) is 64.0 cm³/mol. The smallest absolute Gasteiger partial charge is 0.267 e. The van der Waals surface area contributed by atoms with Gasteiger partial charge in [0.15, 0.2) is 0 Å². The number of aryl methyl sites for hydroxylation is 1. The summed E-state index contributed by atoms with van der Waals surface area (Å²) < 4.78 is 3.79. The van der Waals surface area contributed by atoms with Crippen LogP contribution in [-0.2, 0) is 0 Å². The van der Waals surface area contributed by atoms with E-state index in [4.69, 9.17) is 11.6 Å². The van der Waals surface area contributed by atoms with Gasteiger partial charge < -0.3 is 4.90 Å². The van der Waals surface area contributed by atoms with Gasteiger partial charge in [0.1, 0.15) is 4.88 Å². The second-order valence-corrected chi connectivity index (χ2v) is 5.16. The molecule has 0 N–H and O–H groups in total. The van der Waals surface area contributed by atoms with Gasteiger partial charge in [-0.15, -0.1) is 16.7 Å². The molecule has 1 unspecified atom stereocenters. The van der Waals surface area contributed by atoms with E-state index in [1.54, 1.807) is 0 Å². The van der Waals surface area contributed by atoms with Gasteiger partial charge >= 0.3 is 0 Å². The quantitative estimate of drug-likeness (QED) is 0.763. The molecule has 1 aromatic rings. The lowest BCUT2D eigenvalue weighted by Gasteiger charge is -2.31. The summed E-state index contributed by atoms with van der Waals surface area (Å²) in [7, 11) is 0. The SMILES string of the molecule is Cc1nnsc1C(=O)N1CCCC(CCl)C1. The molecular weight excluding hydrogens is 246 g/mol. The Bertz CT molecular complexity index is 382. The average molecular weight is 260 g/mol. The Hall–Kier alpha value is -0.680. The van der Waals surface area contributed by atoms with Gasteiger partial charge in [-0.25, -0.2) is 0 Å². The van der Waals surface area contributed by atoms with Crippen LogP contribution in [-0.4, -0.2) is 39.4 Å². The predicted octanol–water partition coefficient (Wildman–Crippen LogP) is 1.94. The summed E-state index contributed by atoms with van der Waals surface area (Å²) in [5, 5.41) is 3.87. The summed E-state index contributed by atoms with van der Waals surface area (Å²) in [5.41, 5.74) is 0.725. The molecule has 4 nitrogen and oxygen atoms in total. The van der Waals surface area contributed by atoms with E-state index < -0.39 is 0 Å². The van der Waals surface area contributed by atoms with E-state index in [1.165, 1.54) is 11.5 Å². The number of piperidine rings is 1. The second-order valence-electron chi connectivity index (χ2n) is 4.10. The molecule has 2 rings (SSSR count). The zero-order valence-corrected chi connectivity index (χ0v) is 10.7. The number of halogens is 1. The van der Waals surface area contributed by atoms with Crippen LogP contribution in [0.1, 0.15) is 28.2 Å². The molecule has 1 aromatic heterocycles. The van der Waals surface area contributed by atoms with E-state index in [2.05, 4.69) is 9.59 Å². The standard InChI is InChI=1S/C10H14ClN3OS/c1-7-9(16-13-12-7)10(15)14-4-2-3-8(5-11)6-14/h8H,2-6H2,1H3. The third-order valence-electron chi connectivity index (χ3n) is 2.87. The number of rotatable bonds is 2. The fourth-order valence-electron chi connectivity index (χ4n) is 1.95. The van der Waals surface area contributed by atoms with E-state index in [0.29, 0.717) is 16.7 Å². The molecule has 2 heterocycles. The zero-order valence-electron chi connectivity index (χ0n) is 9.15. The van der Waals surface area contributed by atoms with Crippen LogP contribution in [0.2, 0.25) is 0 Å². The van der Waals surface area contributed by atoms with E-state index in [0.717, 1.165) is 31.6 Å². The first-order chi connectivity index (χ1) is 7.72. The van der Waals surface area contributed by atoms with Crippen LogP contribution in [0, 0.1) is 12.8 Å². The van der Waals surface area contributed by atoms with Crippen molar-refractivity contribution in [2.75, 3.05) is 19.0 Å². The number of carbonyl (C=O) groups is 1. The third kappa shape index (κ3) is 2.35. The largest absolute Gasteiger partial charge is 0.338 e. The van der Waals surface area contributed by atoms with Gasteiger partial charge in [0.2, 0.25) is 0 Å². The molecule has 1 aliphatic heterocycles. The highest BCUT2D eigenvalue weighted by Gasteiger charge is 2.26. The van der Waals surface area contributed by atoms with Crippen LogP contribution in [0.5, 0.6) is 0 Å². The molecular formula is C10H14ClN3OS. The minimum atomic E-state index is 0.0577. The number of aromatic nitrogens is 2. The van der Waals surface area contributed by atoms with Crippen molar-refractivity contribution in [2.24, 2.45) is 5.92 Å². The molecule has 16 heavy (non-hydrogen) atoms. The number of hydrogen-bond donors (Lipinski definition) is 0. The average Bonchev–Trinajstić information content (AvgIpc) is 2.74. The van der Waals surface area contributed by atoms with Crippen molar-refractivity contribution in [3.63, 3.8) is 0 Å². The van der Waals surface area contributed by atoms with Gasteiger partial charge in [0.05, 0.1) is 5.69 Å². The summed E-state index contributed by atoms with van der Waals surface area (Å²) in [6, 6.07) is 0. The summed E-state index contributed by atoms with van der Waals surface area (Å²) in [4.78, 5) is 14.7. The molecule has 0 aliphatic carbocycles. The van der Waals surface area contributed by atoms with E-state index in [1.807, 2.05) is 11.8 Å². The maximum absolute atomic E-state index is 12.2. The van der Waals surface area contributed by atoms with Crippen molar-refractivity contribution >= 4 is 29.0 Å². The van der Waals surface area contributed by atoms with Crippen LogP contribution in [0.15, 0.2) is 0 Å². The van der Waals surface area contributed by atoms with Gasteiger partial charge in [-0.3, -0.25) is 4.79 Å². The highest BCUT2D eigenvalue weighted by atomic mass is 35.5. The molecule has 1 fully saturated rings. The van der Waals surface area contributed by atoms with Crippen molar-refractivity contribution in [3.05, 3.63) is 10.6 Å². The Morgan fingerprint density at radius 1 is 1.69 bits per heavy atom. The summed E-state index contributed by atoms with van der Waals surface area (Å²) in [6.45, 7) is 3.41. The third-order valence-corrected chi connectivity index (χ3v) is 4.12. The highest BCUT2D eigenvalue weighted by Crippen LogP contribution is 2.21. The lowest BCUT2D eigenvalue weighted by molar-refractivity contribution is 0.0689. The number of alkyl halides is 1. The van der Waals surface area contributed by atoms with Gasteiger partial charge in [0.25, 0.3) is 5.91 Å². The lowest BCUT2D eigenvalue weighted by atomic mass is 10.00. The molecule has 1 saturated heterocycles. The Balaban J connectivity index is 2.07. The van der Waals surface area contributed by atoms with Crippen LogP contribution >= 0.6 is 23.1 Å². The monoisotopic (exact) mass is 259 g/mol. The van der Waals surface area contributed by atoms with Gasteiger partial charge in [-0.05, 0) is 37.2 Å². The molecule has 1 aliphatic rings. The van der Waals surface area contributed by atoms with Crippen LogP contribution in [0.4, 0.5) is 0 Å². The zero-order chi connectivity index (χ0) is 11.5. The maximum atomic E-state index is 12.2. The molecule has 0 aromatic carbocycles. The summed E-state index contributed by atoms with van der Waals surface area (Å²) in [6.07, 6.45) is 2.15. The second kappa shape index (κ2) is 5.10. The van der Waals surface area contributed by atoms with Crippen molar-refractivity contribution < 1.29 is 4.79 Å². The first-order valence-electron chi connectivity index (χ1n) is 5.36. The number of nitrogens with zero attached hydrogens (tertiary/aromatic N) is 3. The molecule has 1 amide bonds. The van der Waals surface area contributed by atoms with Crippen LogP contribution in [0.3, 0.4) is 0 Å². The molecule has 6 heteroatoms. The van der Waals surface area contributed by atoms with Crippen molar-refractivity contribution in [1.82, 2.24) is 14.5 Å². The number of hydrogen-bond acceptors (Lipinski definition) is 4. The van der Waals surface area contributed by atoms with Gasteiger partial charge in [-0.1, -0.05) is 4.49 Å². The van der Waals surface area contributed by atoms with Crippen LogP contribution in [0.25, 0.3) is 0 Å². The fourth-order valence-corrected chi connectivity index (χ4v) is 2.82. The summed E-state index contributed by atoms with van der Waals surface area (Å²) in [5.74, 6) is 1.12. The first kappa shape index (κ1) is 11.8. The Morgan fingerprint density at radius 2 is 2.50 bits per heavy atom. The molecule has 0 saturated carbocycles. The molecule has 0 radical (unpaired) electrons. The van der Waals surface area contributed by atoms with Gasteiger partial charge in [-0.2, -0.15) is 0 Å². The molecule has 88 valence electrons. The minimum absolute atomic E-state index is 0.0577. The fraction of sp³-hybridized carbons (Fsp3) is 0.700. The summed E-state index contributed by atoms with van der Waals surface area (Å²) >= 11 is 7.02. The maximum Gasteiger partial charge on any atom is 0.267 e. The molecule has 0 spiro atoms. The molecule has 1 atom stereocenters. The molecule has 0 bridgehead atoms. The number of amides is 1. The lowest BCUT2D eigenvalue weighted by Crippen LogP contribution is -2.40. The van der Waals surface area contributed by atoms with Crippen molar-refractivity contribution in [1.29, 1.82) is 0 Å². The van der Waals surface area contributed by atoms with E-state index in [9.17, 15) is 4.79 Å². The van der Waals surface area contributed by atoms with Crippen LogP contribution < -0.4 is 0 Å². The topological polar surface area (TPSA) is 46.1 Å². The Morgan fingerprint density at radius 3 is 3.12 bits per heavy atom. The minimum Gasteiger partial charge on any atom is -0.338 e. The van der Waals surface area contributed by atoms with Crippen molar-refractivity contribution in [3.8, 4) is 0 Å². The van der Waals surface area contributed by atoms with Crippen molar-refractivity contribution in [2.45, 2.75) is 19.8 Å². The highest BCUT2D eigenvalue weighted by molar-refractivity contribution is 7.07. The first-order valence-corrected chi connectivity index (χ1v) is 6.67. The normalized spacial score (nSPS) is 21.1. The van der Waals surface area contributed by atoms with E-state index >= 15 is 0 Å². The number of carbonyl (C=O) groups excluding carboxylic acids is 1. The Labute approximate surface area is 104 Å². The number of likely N-dealkylation sites (tertiary alicyclic amines) is 1. The van der Waals surface area contributed by atoms with Gasteiger partial charge in [0, 0.05) is 19.0 Å². The van der Waals surface area contributed by atoms with E-state index in [-0.39, 0.29) is 5.91 Å².